The number of hydrogen-bond acceptors (Lipinski definition) is 5. The fourth-order valence-electron chi connectivity index (χ4n) is 0.988. The van der Waals surface area contributed by atoms with Gasteiger partial charge in [0.05, 0.1) is 12.7 Å². The number of benzene rings is 1. The molecule has 0 heterocycles. The predicted molar refractivity (Wildman–Crippen MR) is 50.5 cm³/mol. The van der Waals surface area contributed by atoms with E-state index >= 15 is 0 Å². The maximum Gasteiger partial charge on any atom is 0.339 e. The highest BCUT2D eigenvalue weighted by Gasteiger charge is 2.16. The molecular formula is C8H8FNO4S. The van der Waals surface area contributed by atoms with Crippen LogP contribution in [0.1, 0.15) is 10.4 Å². The van der Waals surface area contributed by atoms with Crippen molar-refractivity contribution in [1.82, 2.24) is 0 Å². The molecule has 2 N–H and O–H groups in total. The minimum atomic E-state index is -4.81. The summed E-state index contributed by atoms with van der Waals surface area (Å²) in [6.07, 6.45) is 0. The number of methoxy groups -OCH3 is 1. The van der Waals surface area contributed by atoms with Gasteiger partial charge >= 0.3 is 16.2 Å². The van der Waals surface area contributed by atoms with Crippen molar-refractivity contribution in [2.24, 2.45) is 0 Å². The van der Waals surface area contributed by atoms with Gasteiger partial charge in [0, 0.05) is 5.69 Å². The number of carbonyl (C=O) groups excluding carboxylic acids is 1. The monoisotopic (exact) mass is 233 g/mol. The SMILES string of the molecule is COC(=O)c1ccc(S(=O)(=O)F)cc1N. The summed E-state index contributed by atoms with van der Waals surface area (Å²) in [5, 5.41) is 0. The first kappa shape index (κ1) is 11.4. The molecule has 0 atom stereocenters. The summed E-state index contributed by atoms with van der Waals surface area (Å²) in [4.78, 5) is 10.5. The van der Waals surface area contributed by atoms with Gasteiger partial charge in [-0.05, 0) is 18.2 Å². The van der Waals surface area contributed by atoms with Crippen molar-refractivity contribution < 1.29 is 21.8 Å². The number of carbonyl (C=O) groups is 1. The molecular weight excluding hydrogens is 225 g/mol. The van der Waals surface area contributed by atoms with Gasteiger partial charge in [0.15, 0.2) is 0 Å². The number of nitrogens with two attached hydrogens (primary N) is 1. The molecule has 0 spiro atoms. The Morgan fingerprint density at radius 3 is 2.47 bits per heavy atom. The fourth-order valence-corrected chi connectivity index (χ4v) is 1.49. The number of halogens is 1. The molecule has 0 bridgehead atoms. The third kappa shape index (κ3) is 2.44. The molecule has 0 amide bonds. The Morgan fingerprint density at radius 1 is 1.47 bits per heavy atom. The third-order valence-electron chi connectivity index (χ3n) is 1.71. The van der Waals surface area contributed by atoms with E-state index in [-0.39, 0.29) is 11.3 Å². The van der Waals surface area contributed by atoms with E-state index in [0.29, 0.717) is 0 Å². The van der Waals surface area contributed by atoms with Crippen molar-refractivity contribution >= 4 is 21.9 Å². The van der Waals surface area contributed by atoms with Crippen LogP contribution < -0.4 is 5.73 Å². The molecule has 0 saturated heterocycles. The van der Waals surface area contributed by atoms with Crippen molar-refractivity contribution in [3.05, 3.63) is 23.8 Å². The first-order chi connectivity index (χ1) is 6.86. The second-order valence-electron chi connectivity index (χ2n) is 2.68. The van der Waals surface area contributed by atoms with Crippen LogP contribution in [0, 0.1) is 0 Å². The molecule has 1 aromatic carbocycles. The van der Waals surface area contributed by atoms with Crippen LogP contribution in [0.3, 0.4) is 0 Å². The quantitative estimate of drug-likeness (QED) is 0.462. The molecule has 0 aliphatic rings. The van der Waals surface area contributed by atoms with E-state index < -0.39 is 21.1 Å². The molecule has 82 valence electrons. The van der Waals surface area contributed by atoms with Gasteiger partial charge in [0.2, 0.25) is 0 Å². The van der Waals surface area contributed by atoms with Crippen molar-refractivity contribution in [3.8, 4) is 0 Å². The highest BCUT2D eigenvalue weighted by atomic mass is 32.3. The number of hydrogen-bond donors (Lipinski definition) is 1. The molecule has 0 fully saturated rings. The van der Waals surface area contributed by atoms with Crippen molar-refractivity contribution in [2.75, 3.05) is 12.8 Å². The summed E-state index contributed by atoms with van der Waals surface area (Å²) in [6.45, 7) is 0. The van der Waals surface area contributed by atoms with Crippen LogP contribution in [0.25, 0.3) is 0 Å². The lowest BCUT2D eigenvalue weighted by Gasteiger charge is -2.04. The van der Waals surface area contributed by atoms with Gasteiger partial charge in [-0.3, -0.25) is 0 Å². The normalized spacial score (nSPS) is 11.1. The van der Waals surface area contributed by atoms with E-state index in [1.54, 1.807) is 0 Å². The Labute approximate surface area is 85.9 Å². The fraction of sp³-hybridized carbons (Fsp3) is 0.125. The summed E-state index contributed by atoms with van der Waals surface area (Å²) >= 11 is 0. The molecule has 0 aliphatic heterocycles. The molecule has 0 unspecified atom stereocenters. The van der Waals surface area contributed by atoms with Crippen LogP contribution in [0.2, 0.25) is 0 Å². The van der Waals surface area contributed by atoms with Gasteiger partial charge < -0.3 is 10.5 Å². The Hall–Kier alpha value is -1.63. The second-order valence-corrected chi connectivity index (χ2v) is 4.03. The minimum absolute atomic E-state index is 0.00935. The van der Waals surface area contributed by atoms with E-state index in [4.69, 9.17) is 5.73 Å². The van der Waals surface area contributed by atoms with E-state index in [2.05, 4.69) is 4.74 Å². The topological polar surface area (TPSA) is 86.5 Å². The zero-order chi connectivity index (χ0) is 11.6. The maximum atomic E-state index is 12.5. The van der Waals surface area contributed by atoms with Crippen molar-refractivity contribution in [1.29, 1.82) is 0 Å². The minimum Gasteiger partial charge on any atom is -0.465 e. The Kier molecular flexibility index (Phi) is 2.94. The van der Waals surface area contributed by atoms with Crippen LogP contribution in [0.5, 0.6) is 0 Å². The molecule has 0 radical (unpaired) electrons. The highest BCUT2D eigenvalue weighted by Crippen LogP contribution is 2.20. The highest BCUT2D eigenvalue weighted by molar-refractivity contribution is 7.86. The smallest absolute Gasteiger partial charge is 0.339 e. The summed E-state index contributed by atoms with van der Waals surface area (Å²) in [5.74, 6) is -0.713. The molecule has 0 saturated carbocycles. The van der Waals surface area contributed by atoms with Crippen LogP contribution >= 0.6 is 0 Å². The van der Waals surface area contributed by atoms with Crippen LogP contribution in [0.15, 0.2) is 23.1 Å². The summed E-state index contributed by atoms with van der Waals surface area (Å²) in [7, 11) is -3.65. The Morgan fingerprint density at radius 2 is 2.07 bits per heavy atom. The molecule has 1 aromatic rings. The Bertz CT molecular complexity index is 497. The molecule has 1 rings (SSSR count). The first-order valence-corrected chi connectivity index (χ1v) is 5.17. The zero-order valence-electron chi connectivity index (χ0n) is 7.73. The lowest BCUT2D eigenvalue weighted by atomic mass is 10.2. The van der Waals surface area contributed by atoms with Crippen LogP contribution in [-0.2, 0) is 15.0 Å². The molecule has 5 nitrogen and oxygen atoms in total. The largest absolute Gasteiger partial charge is 0.465 e. The van der Waals surface area contributed by atoms with E-state index in [9.17, 15) is 17.1 Å². The van der Waals surface area contributed by atoms with Gasteiger partial charge in [-0.2, -0.15) is 8.42 Å². The van der Waals surface area contributed by atoms with Gasteiger partial charge in [0.1, 0.15) is 4.90 Å². The lowest BCUT2D eigenvalue weighted by Crippen LogP contribution is -2.06. The molecule has 7 heteroatoms. The molecule has 0 aliphatic carbocycles. The number of esters is 1. The lowest BCUT2D eigenvalue weighted by molar-refractivity contribution is 0.0602. The van der Waals surface area contributed by atoms with Gasteiger partial charge in [-0.25, -0.2) is 4.79 Å². The van der Waals surface area contributed by atoms with Gasteiger partial charge in [-0.15, -0.1) is 3.89 Å². The van der Waals surface area contributed by atoms with Gasteiger partial charge in [-0.1, -0.05) is 0 Å². The number of ether oxygens (including phenoxy) is 1. The number of rotatable bonds is 2. The summed E-state index contributed by atoms with van der Waals surface area (Å²) in [5.41, 5.74) is 5.20. The van der Waals surface area contributed by atoms with Crippen LogP contribution in [0.4, 0.5) is 9.57 Å². The number of anilines is 1. The van der Waals surface area contributed by atoms with E-state index in [1.807, 2.05) is 0 Å². The predicted octanol–water partition coefficient (Wildman–Crippen LogP) is 0.714. The zero-order valence-corrected chi connectivity index (χ0v) is 8.55. The third-order valence-corrected chi connectivity index (χ3v) is 2.53. The summed E-state index contributed by atoms with van der Waals surface area (Å²) in [6, 6.07) is 2.90. The van der Waals surface area contributed by atoms with Crippen molar-refractivity contribution in [2.45, 2.75) is 4.90 Å². The summed E-state index contributed by atoms with van der Waals surface area (Å²) < 4.78 is 37.9. The van der Waals surface area contributed by atoms with Crippen LogP contribution in [-0.4, -0.2) is 21.5 Å². The average Bonchev–Trinajstić information content (AvgIpc) is 2.15. The van der Waals surface area contributed by atoms with E-state index in [1.165, 1.54) is 0 Å². The van der Waals surface area contributed by atoms with Crippen molar-refractivity contribution in [3.63, 3.8) is 0 Å². The molecule has 0 aromatic heterocycles. The Balaban J connectivity index is 3.27. The maximum absolute atomic E-state index is 12.5. The second kappa shape index (κ2) is 3.85. The van der Waals surface area contributed by atoms with Gasteiger partial charge in [0.25, 0.3) is 0 Å². The molecule has 15 heavy (non-hydrogen) atoms. The first-order valence-electron chi connectivity index (χ1n) is 3.78. The van der Waals surface area contributed by atoms with E-state index in [0.717, 1.165) is 25.3 Å². The average molecular weight is 233 g/mol. The number of nitrogen functional groups attached to an aromatic ring is 1. The standard InChI is InChI=1S/C8H8FNO4S/c1-14-8(11)6-3-2-5(4-7(6)10)15(9,12)13/h2-4H,10H2,1H3.